The van der Waals surface area contributed by atoms with Crippen molar-refractivity contribution in [3.8, 4) is 0 Å². The van der Waals surface area contributed by atoms with Gasteiger partial charge in [-0.1, -0.05) is 34.6 Å². The van der Waals surface area contributed by atoms with Crippen molar-refractivity contribution in [1.82, 2.24) is 0 Å². The molecule has 0 aromatic rings. The lowest BCUT2D eigenvalue weighted by molar-refractivity contribution is -0.253. The van der Waals surface area contributed by atoms with Gasteiger partial charge in [0.1, 0.15) is 12.2 Å². The first-order chi connectivity index (χ1) is 22.0. The predicted octanol–water partition coefficient (Wildman–Crippen LogP) is 6.53. The molecule has 0 unspecified atom stereocenters. The Morgan fingerprint density at radius 2 is 1.27 bits per heavy atom. The first-order valence-corrected chi connectivity index (χ1v) is 18.3. The Balaban J connectivity index is 1.67. The van der Waals surface area contributed by atoms with Gasteiger partial charge in [-0.3, -0.25) is 19.2 Å². The number of hydrogen-bond donors (Lipinski definition) is 4. The maximum absolute atomic E-state index is 13.2. The lowest BCUT2D eigenvalue weighted by Gasteiger charge is -2.70. The van der Waals surface area contributed by atoms with Crippen LogP contribution in [0.5, 0.6) is 0 Å². The van der Waals surface area contributed by atoms with Crippen molar-refractivity contribution >= 4 is 23.9 Å². The molecule has 0 radical (unpaired) electrons. The molecule has 4 aliphatic rings. The molecular formula is C38H62O10. The summed E-state index contributed by atoms with van der Waals surface area (Å²) in [5.41, 5.74) is -2.75. The molecule has 10 heteroatoms. The first-order valence-electron chi connectivity index (χ1n) is 18.3. The zero-order valence-electron chi connectivity index (χ0n) is 30.6. The summed E-state index contributed by atoms with van der Waals surface area (Å²) in [6, 6.07) is 0. The van der Waals surface area contributed by atoms with Crippen LogP contribution in [0.25, 0.3) is 0 Å². The Bertz CT molecular complexity index is 1230. The minimum atomic E-state index is -1.05. The molecule has 48 heavy (non-hydrogen) atoms. The number of carbonyl (C=O) groups is 4. The van der Waals surface area contributed by atoms with Crippen molar-refractivity contribution in [3.05, 3.63) is 0 Å². The van der Waals surface area contributed by atoms with Crippen LogP contribution in [0.1, 0.15) is 145 Å². The van der Waals surface area contributed by atoms with E-state index < -0.39 is 41.2 Å². The fraction of sp³-hybridized carbons (Fsp3) is 0.895. The summed E-state index contributed by atoms with van der Waals surface area (Å²) >= 11 is 0. The van der Waals surface area contributed by atoms with Crippen LogP contribution >= 0.6 is 0 Å². The summed E-state index contributed by atoms with van der Waals surface area (Å²) in [5, 5.41) is 40.7. The SMILES string of the molecule is CC(C)(O)CCC[C@@](C)(O)[C@H]1CC[C@]2(C)[C@@H]1[C@H](OC(=O)CCC(=O)O)C[C@@H]1[C@@]3(C)CC[C@H](OC(=O)CCC(=O)O)C(C)(C)[C@@H]3CC[C@]12C. The molecule has 0 heterocycles. The molecule has 0 bridgehead atoms. The van der Waals surface area contributed by atoms with Crippen molar-refractivity contribution in [2.45, 2.75) is 169 Å². The summed E-state index contributed by atoms with van der Waals surface area (Å²) in [5.74, 6) is -2.92. The Hall–Kier alpha value is -2.20. The lowest BCUT2D eigenvalue weighted by Crippen LogP contribution is -2.67. The standard InChI is InChI=1S/C38H62O10/c1-33(2,45)17-9-18-38(8,46)23-14-20-37(7)32(23)24(47-30(43)12-10-28(39)40)22-26-35(5)19-16-27(48-31(44)13-11-29(41)42)34(3,4)25(35)15-21-36(26,37)6/h23-27,32,45-46H,9-22H2,1-8H3,(H,39,40)(H,41,42)/t23-,24+,25-,26+,27-,32-,35-,36+,37+,38+/m0/s1. The minimum Gasteiger partial charge on any atom is -0.481 e. The van der Waals surface area contributed by atoms with Crippen LogP contribution in [-0.2, 0) is 28.7 Å². The van der Waals surface area contributed by atoms with Crippen LogP contribution in [0.4, 0.5) is 0 Å². The van der Waals surface area contributed by atoms with E-state index in [9.17, 15) is 34.5 Å². The molecule has 0 aromatic carbocycles. The average molecular weight is 679 g/mol. The summed E-state index contributed by atoms with van der Waals surface area (Å²) in [4.78, 5) is 48.3. The van der Waals surface area contributed by atoms with Crippen LogP contribution in [0.2, 0.25) is 0 Å². The molecule has 10 nitrogen and oxygen atoms in total. The van der Waals surface area contributed by atoms with Crippen LogP contribution in [0, 0.1) is 45.3 Å². The number of carboxylic acid groups (broad SMARTS) is 2. The van der Waals surface area contributed by atoms with E-state index in [-0.39, 0.29) is 77.1 Å². The average Bonchev–Trinajstić information content (AvgIpc) is 3.33. The normalized spacial score (nSPS) is 38.5. The van der Waals surface area contributed by atoms with E-state index >= 15 is 0 Å². The van der Waals surface area contributed by atoms with Crippen LogP contribution in [0.3, 0.4) is 0 Å². The molecule has 4 saturated carbocycles. The number of carboxylic acids is 2. The fourth-order valence-corrected chi connectivity index (χ4v) is 11.7. The summed E-state index contributed by atoms with van der Waals surface area (Å²) < 4.78 is 12.3. The molecule has 4 aliphatic carbocycles. The number of fused-ring (bicyclic) bond motifs is 5. The topological polar surface area (TPSA) is 168 Å². The second kappa shape index (κ2) is 13.5. The van der Waals surface area contributed by atoms with Gasteiger partial charge in [-0.2, -0.15) is 0 Å². The molecule has 10 atom stereocenters. The third kappa shape index (κ3) is 7.31. The van der Waals surface area contributed by atoms with Gasteiger partial charge in [0.2, 0.25) is 0 Å². The van der Waals surface area contributed by atoms with Gasteiger partial charge in [-0.25, -0.2) is 0 Å². The molecule has 0 spiro atoms. The number of ether oxygens (including phenoxy) is 2. The summed E-state index contributed by atoms with van der Waals surface area (Å²) in [6.45, 7) is 16.9. The minimum absolute atomic E-state index is 0.107. The third-order valence-electron chi connectivity index (χ3n) is 14.2. The number of rotatable bonds is 13. The smallest absolute Gasteiger partial charge is 0.306 e. The highest BCUT2D eigenvalue weighted by Crippen LogP contribution is 2.76. The zero-order valence-corrected chi connectivity index (χ0v) is 30.6. The van der Waals surface area contributed by atoms with Gasteiger partial charge >= 0.3 is 23.9 Å². The molecule has 0 aliphatic heterocycles. The summed E-state index contributed by atoms with van der Waals surface area (Å²) in [7, 11) is 0. The van der Waals surface area contributed by atoms with E-state index in [0.717, 1.165) is 32.1 Å². The van der Waals surface area contributed by atoms with Gasteiger partial charge in [0.25, 0.3) is 0 Å². The lowest BCUT2D eigenvalue weighted by atomic mass is 9.35. The van der Waals surface area contributed by atoms with Gasteiger partial charge in [0.05, 0.1) is 36.9 Å². The van der Waals surface area contributed by atoms with Crippen LogP contribution < -0.4 is 0 Å². The highest BCUT2D eigenvalue weighted by molar-refractivity contribution is 5.77. The molecule has 4 rings (SSSR count). The summed E-state index contributed by atoms with van der Waals surface area (Å²) in [6.07, 6.45) is 5.70. The van der Waals surface area contributed by atoms with Crippen molar-refractivity contribution in [3.63, 3.8) is 0 Å². The van der Waals surface area contributed by atoms with Crippen molar-refractivity contribution in [2.24, 2.45) is 45.3 Å². The van der Waals surface area contributed by atoms with Crippen molar-refractivity contribution in [2.75, 3.05) is 0 Å². The Morgan fingerprint density at radius 1 is 0.708 bits per heavy atom. The third-order valence-corrected chi connectivity index (χ3v) is 14.2. The van der Waals surface area contributed by atoms with Gasteiger partial charge in [0, 0.05) is 11.3 Å². The number of aliphatic carboxylic acids is 2. The Morgan fingerprint density at radius 3 is 1.83 bits per heavy atom. The predicted molar refractivity (Wildman–Crippen MR) is 179 cm³/mol. The number of carbonyl (C=O) groups excluding carboxylic acids is 2. The van der Waals surface area contributed by atoms with E-state index in [1.54, 1.807) is 13.8 Å². The van der Waals surface area contributed by atoms with E-state index in [1.165, 1.54) is 0 Å². The molecule has 0 aromatic heterocycles. The fourth-order valence-electron chi connectivity index (χ4n) is 11.7. The zero-order chi connectivity index (χ0) is 36.1. The van der Waals surface area contributed by atoms with Crippen molar-refractivity contribution in [1.29, 1.82) is 0 Å². The van der Waals surface area contributed by atoms with E-state index in [0.29, 0.717) is 32.1 Å². The number of aliphatic hydroxyl groups is 2. The Labute approximate surface area is 286 Å². The highest BCUT2D eigenvalue weighted by atomic mass is 16.5. The van der Waals surface area contributed by atoms with Gasteiger partial charge in [-0.05, 0) is 119 Å². The van der Waals surface area contributed by atoms with Gasteiger partial charge in [0.15, 0.2) is 0 Å². The quantitative estimate of drug-likeness (QED) is 0.157. The molecule has 4 fully saturated rings. The van der Waals surface area contributed by atoms with E-state index in [2.05, 4.69) is 34.6 Å². The van der Waals surface area contributed by atoms with E-state index in [1.807, 2.05) is 6.92 Å². The van der Waals surface area contributed by atoms with E-state index in [4.69, 9.17) is 14.6 Å². The van der Waals surface area contributed by atoms with Crippen LogP contribution in [0.15, 0.2) is 0 Å². The maximum Gasteiger partial charge on any atom is 0.306 e. The molecule has 0 amide bonds. The molecule has 274 valence electrons. The highest BCUT2D eigenvalue weighted by Gasteiger charge is 2.72. The first kappa shape index (κ1) is 38.6. The van der Waals surface area contributed by atoms with Crippen molar-refractivity contribution < 1.29 is 49.1 Å². The van der Waals surface area contributed by atoms with Gasteiger partial charge in [-0.15, -0.1) is 0 Å². The number of hydrogen-bond acceptors (Lipinski definition) is 8. The number of esters is 2. The van der Waals surface area contributed by atoms with Gasteiger partial charge < -0.3 is 29.9 Å². The maximum atomic E-state index is 13.2. The molecular weight excluding hydrogens is 616 g/mol. The second-order valence-electron chi connectivity index (χ2n) is 18.1. The molecule has 0 saturated heterocycles. The molecule has 4 N–H and O–H groups in total. The Kier molecular flexibility index (Phi) is 10.9. The largest absolute Gasteiger partial charge is 0.481 e. The second-order valence-corrected chi connectivity index (χ2v) is 18.1. The monoisotopic (exact) mass is 678 g/mol. The van der Waals surface area contributed by atoms with Crippen LogP contribution in [-0.4, -0.2) is 67.7 Å².